The Morgan fingerprint density at radius 1 is 1.05 bits per heavy atom. The average molecular weight is 293 g/mol. The van der Waals surface area contributed by atoms with Crippen LogP contribution in [0, 0.1) is 0 Å². The molecular weight excluding hydrogens is 278 g/mol. The summed E-state index contributed by atoms with van der Waals surface area (Å²) >= 11 is 0. The molecule has 0 bridgehead atoms. The number of rotatable bonds is 1. The second-order valence-electron chi connectivity index (χ2n) is 5.36. The van der Waals surface area contributed by atoms with Gasteiger partial charge in [0.2, 0.25) is 5.88 Å². The van der Waals surface area contributed by atoms with E-state index in [1.807, 2.05) is 18.2 Å². The highest BCUT2D eigenvalue weighted by Crippen LogP contribution is 2.27. The Kier molecular flexibility index (Phi) is 3.07. The number of anilines is 1. The standard InChI is InChI=1S/C16H15N5O/c22-16-13-5-7-21(8-6-14(13)17-10-18-16)15-12-4-2-1-3-11(12)9-19-20-15/h1-4,9-10H,5-8H2,(H,17,18,22). The van der Waals surface area contributed by atoms with Crippen LogP contribution in [0.4, 0.5) is 5.82 Å². The van der Waals surface area contributed by atoms with Gasteiger partial charge in [-0.05, 0) is 6.42 Å². The second kappa shape index (κ2) is 5.22. The minimum absolute atomic E-state index is 0.0934. The zero-order valence-electron chi connectivity index (χ0n) is 12.0. The number of aromatic hydroxyl groups is 1. The maximum Gasteiger partial charge on any atom is 0.217 e. The zero-order chi connectivity index (χ0) is 14.9. The maximum atomic E-state index is 9.91. The third-order valence-electron chi connectivity index (χ3n) is 4.11. The molecule has 3 heterocycles. The van der Waals surface area contributed by atoms with Crippen LogP contribution >= 0.6 is 0 Å². The molecule has 1 aliphatic rings. The van der Waals surface area contributed by atoms with Gasteiger partial charge in [-0.25, -0.2) is 9.97 Å². The van der Waals surface area contributed by atoms with Crippen molar-refractivity contribution in [3.63, 3.8) is 0 Å². The molecule has 0 amide bonds. The van der Waals surface area contributed by atoms with Gasteiger partial charge in [0, 0.05) is 35.8 Å². The fourth-order valence-corrected chi connectivity index (χ4v) is 2.97. The van der Waals surface area contributed by atoms with Crippen LogP contribution in [0.2, 0.25) is 0 Å². The summed E-state index contributed by atoms with van der Waals surface area (Å²) in [6.45, 7) is 1.56. The monoisotopic (exact) mass is 293 g/mol. The van der Waals surface area contributed by atoms with Gasteiger partial charge in [-0.1, -0.05) is 24.3 Å². The number of hydrogen-bond donors (Lipinski definition) is 1. The van der Waals surface area contributed by atoms with Crippen molar-refractivity contribution in [1.29, 1.82) is 0 Å². The Bertz CT molecular complexity index is 830. The van der Waals surface area contributed by atoms with E-state index in [4.69, 9.17) is 0 Å². The molecule has 3 aromatic rings. The Labute approximate surface area is 127 Å². The van der Waals surface area contributed by atoms with E-state index in [1.165, 1.54) is 6.33 Å². The largest absolute Gasteiger partial charge is 0.493 e. The van der Waals surface area contributed by atoms with Crippen LogP contribution in [-0.4, -0.2) is 38.4 Å². The quantitative estimate of drug-likeness (QED) is 0.736. The molecule has 110 valence electrons. The van der Waals surface area contributed by atoms with Gasteiger partial charge < -0.3 is 10.0 Å². The minimum atomic E-state index is 0.0934. The van der Waals surface area contributed by atoms with Crippen molar-refractivity contribution in [3.05, 3.63) is 48.0 Å². The number of aromatic nitrogens is 4. The summed E-state index contributed by atoms with van der Waals surface area (Å²) in [4.78, 5) is 10.4. The first-order valence-corrected chi connectivity index (χ1v) is 7.30. The zero-order valence-corrected chi connectivity index (χ0v) is 12.0. The lowest BCUT2D eigenvalue weighted by Crippen LogP contribution is -2.27. The maximum absolute atomic E-state index is 9.91. The lowest BCUT2D eigenvalue weighted by atomic mass is 10.1. The molecule has 1 aliphatic heterocycles. The molecule has 0 saturated carbocycles. The van der Waals surface area contributed by atoms with Gasteiger partial charge in [0.25, 0.3) is 0 Å². The average Bonchev–Trinajstić information content (AvgIpc) is 2.78. The van der Waals surface area contributed by atoms with Gasteiger partial charge >= 0.3 is 0 Å². The fourth-order valence-electron chi connectivity index (χ4n) is 2.97. The number of fused-ring (bicyclic) bond motifs is 2. The summed E-state index contributed by atoms with van der Waals surface area (Å²) in [6, 6.07) is 8.11. The highest BCUT2D eigenvalue weighted by Gasteiger charge is 2.20. The van der Waals surface area contributed by atoms with E-state index >= 15 is 0 Å². The third-order valence-corrected chi connectivity index (χ3v) is 4.11. The van der Waals surface area contributed by atoms with Crippen LogP contribution in [0.25, 0.3) is 10.8 Å². The van der Waals surface area contributed by atoms with Crippen LogP contribution in [0.1, 0.15) is 11.3 Å². The molecule has 6 nitrogen and oxygen atoms in total. The van der Waals surface area contributed by atoms with Gasteiger partial charge in [0.05, 0.1) is 11.9 Å². The Balaban J connectivity index is 1.71. The van der Waals surface area contributed by atoms with Crippen molar-refractivity contribution in [2.45, 2.75) is 12.8 Å². The first-order chi connectivity index (χ1) is 10.8. The van der Waals surface area contributed by atoms with Crippen molar-refractivity contribution in [3.8, 4) is 5.88 Å². The van der Waals surface area contributed by atoms with E-state index < -0.39 is 0 Å². The summed E-state index contributed by atoms with van der Waals surface area (Å²) in [5.74, 6) is 0.981. The highest BCUT2D eigenvalue weighted by atomic mass is 16.3. The molecule has 4 rings (SSSR count). The lowest BCUT2D eigenvalue weighted by molar-refractivity contribution is 0.443. The highest BCUT2D eigenvalue weighted by molar-refractivity contribution is 5.91. The normalized spacial score (nSPS) is 14.6. The van der Waals surface area contributed by atoms with Gasteiger partial charge in [-0.3, -0.25) is 0 Å². The third kappa shape index (κ3) is 2.13. The first-order valence-electron chi connectivity index (χ1n) is 7.30. The van der Waals surface area contributed by atoms with E-state index in [1.54, 1.807) is 6.20 Å². The van der Waals surface area contributed by atoms with E-state index in [9.17, 15) is 5.11 Å². The molecule has 0 fully saturated rings. The number of hydrogen-bond acceptors (Lipinski definition) is 6. The smallest absolute Gasteiger partial charge is 0.217 e. The molecule has 22 heavy (non-hydrogen) atoms. The number of nitrogens with zero attached hydrogens (tertiary/aromatic N) is 5. The van der Waals surface area contributed by atoms with E-state index in [-0.39, 0.29) is 5.88 Å². The molecule has 0 atom stereocenters. The molecule has 0 spiro atoms. The first kappa shape index (κ1) is 12.9. The minimum Gasteiger partial charge on any atom is -0.493 e. The molecule has 2 aromatic heterocycles. The fraction of sp³-hybridized carbons (Fsp3) is 0.250. The molecule has 0 radical (unpaired) electrons. The molecule has 0 aliphatic carbocycles. The van der Waals surface area contributed by atoms with E-state index in [2.05, 4.69) is 31.1 Å². The number of benzene rings is 1. The molecule has 0 saturated heterocycles. The van der Waals surface area contributed by atoms with E-state index in [0.717, 1.165) is 47.4 Å². The van der Waals surface area contributed by atoms with Crippen LogP contribution in [0.15, 0.2) is 36.8 Å². The van der Waals surface area contributed by atoms with Crippen LogP contribution in [-0.2, 0) is 12.8 Å². The molecule has 0 unspecified atom stereocenters. The molecular formula is C16H15N5O. The van der Waals surface area contributed by atoms with Gasteiger partial charge in [0.15, 0.2) is 5.82 Å². The predicted molar refractivity (Wildman–Crippen MR) is 82.9 cm³/mol. The van der Waals surface area contributed by atoms with Crippen molar-refractivity contribution in [2.24, 2.45) is 0 Å². The van der Waals surface area contributed by atoms with Gasteiger partial charge in [-0.2, -0.15) is 5.10 Å². The van der Waals surface area contributed by atoms with Crippen molar-refractivity contribution >= 4 is 16.6 Å². The summed E-state index contributed by atoms with van der Waals surface area (Å²) in [7, 11) is 0. The summed E-state index contributed by atoms with van der Waals surface area (Å²) in [6.07, 6.45) is 4.66. The lowest BCUT2D eigenvalue weighted by Gasteiger charge is -2.22. The molecule has 6 heteroatoms. The summed E-state index contributed by atoms with van der Waals surface area (Å²) in [5, 5.41) is 20.5. The van der Waals surface area contributed by atoms with Gasteiger partial charge in [-0.15, -0.1) is 5.10 Å². The van der Waals surface area contributed by atoms with Crippen molar-refractivity contribution in [2.75, 3.05) is 18.0 Å². The topological polar surface area (TPSA) is 75.0 Å². The molecule has 1 N–H and O–H groups in total. The van der Waals surface area contributed by atoms with Crippen LogP contribution in [0.5, 0.6) is 5.88 Å². The second-order valence-corrected chi connectivity index (χ2v) is 5.36. The predicted octanol–water partition coefficient (Wildman–Crippen LogP) is 1.73. The van der Waals surface area contributed by atoms with Gasteiger partial charge in [0.1, 0.15) is 6.33 Å². The summed E-state index contributed by atoms with van der Waals surface area (Å²) in [5.41, 5.74) is 1.77. The van der Waals surface area contributed by atoms with Crippen molar-refractivity contribution in [1.82, 2.24) is 20.2 Å². The SMILES string of the molecule is Oc1ncnc2c1CCN(c1nncc3ccccc13)CC2. The Hall–Kier alpha value is -2.76. The van der Waals surface area contributed by atoms with Crippen molar-refractivity contribution < 1.29 is 5.11 Å². The Morgan fingerprint density at radius 3 is 2.86 bits per heavy atom. The van der Waals surface area contributed by atoms with E-state index in [0.29, 0.717) is 6.42 Å². The summed E-state index contributed by atoms with van der Waals surface area (Å²) < 4.78 is 0. The Morgan fingerprint density at radius 2 is 1.91 bits per heavy atom. The molecule has 1 aromatic carbocycles. The van der Waals surface area contributed by atoms with Crippen LogP contribution < -0.4 is 4.90 Å². The van der Waals surface area contributed by atoms with Crippen LogP contribution in [0.3, 0.4) is 0 Å².